The van der Waals surface area contributed by atoms with Crippen molar-refractivity contribution in [2.75, 3.05) is 26.9 Å². The minimum atomic E-state index is -1.13. The summed E-state index contributed by atoms with van der Waals surface area (Å²) in [5, 5.41) is 11.6. The number of aliphatic carboxylic acids is 1. The standard InChI is InChI=1S/C13H16BrNO5/c1-19-6-7-20-8-11(16)15-12(13(17)18)9-2-4-10(14)5-3-9/h2-5,12H,6-8H2,1H3,(H,15,16)(H,17,18). The van der Waals surface area contributed by atoms with Gasteiger partial charge in [0.05, 0.1) is 13.2 Å². The van der Waals surface area contributed by atoms with Gasteiger partial charge < -0.3 is 19.9 Å². The lowest BCUT2D eigenvalue weighted by Crippen LogP contribution is -2.36. The second-order valence-corrected chi connectivity index (χ2v) is 4.85. The molecule has 0 saturated heterocycles. The van der Waals surface area contributed by atoms with E-state index in [1.165, 1.54) is 7.11 Å². The molecular formula is C13H16BrNO5. The summed E-state index contributed by atoms with van der Waals surface area (Å²) in [4.78, 5) is 22.8. The fourth-order valence-electron chi connectivity index (χ4n) is 1.45. The Hall–Kier alpha value is -1.44. The van der Waals surface area contributed by atoms with E-state index in [0.717, 1.165) is 4.47 Å². The molecule has 0 radical (unpaired) electrons. The SMILES string of the molecule is COCCOCC(=O)NC(C(=O)O)c1ccc(Br)cc1. The van der Waals surface area contributed by atoms with Crippen LogP contribution < -0.4 is 5.32 Å². The molecule has 0 spiro atoms. The molecule has 0 aromatic heterocycles. The molecule has 1 aromatic carbocycles. The molecule has 0 aliphatic carbocycles. The van der Waals surface area contributed by atoms with Crippen LogP contribution in [0.15, 0.2) is 28.7 Å². The molecule has 0 aliphatic rings. The number of methoxy groups -OCH3 is 1. The Balaban J connectivity index is 2.57. The fourth-order valence-corrected chi connectivity index (χ4v) is 1.72. The molecule has 20 heavy (non-hydrogen) atoms. The average molecular weight is 346 g/mol. The van der Waals surface area contributed by atoms with Crippen molar-refractivity contribution in [3.63, 3.8) is 0 Å². The van der Waals surface area contributed by atoms with Gasteiger partial charge in [-0.25, -0.2) is 4.79 Å². The maximum Gasteiger partial charge on any atom is 0.330 e. The van der Waals surface area contributed by atoms with Gasteiger partial charge in [0, 0.05) is 11.6 Å². The number of rotatable bonds is 8. The molecule has 1 aromatic rings. The third-order valence-corrected chi connectivity index (χ3v) is 2.95. The van der Waals surface area contributed by atoms with E-state index in [2.05, 4.69) is 21.2 Å². The van der Waals surface area contributed by atoms with Crippen LogP contribution in [-0.2, 0) is 19.1 Å². The molecule has 0 fully saturated rings. The summed E-state index contributed by atoms with van der Waals surface area (Å²) in [7, 11) is 1.53. The smallest absolute Gasteiger partial charge is 0.330 e. The number of halogens is 1. The maximum atomic E-state index is 11.6. The van der Waals surface area contributed by atoms with E-state index in [9.17, 15) is 9.59 Å². The van der Waals surface area contributed by atoms with Gasteiger partial charge in [-0.2, -0.15) is 0 Å². The van der Waals surface area contributed by atoms with Crippen LogP contribution in [0.25, 0.3) is 0 Å². The van der Waals surface area contributed by atoms with E-state index in [0.29, 0.717) is 12.2 Å². The lowest BCUT2D eigenvalue weighted by Gasteiger charge is -2.15. The fraction of sp³-hybridized carbons (Fsp3) is 0.385. The van der Waals surface area contributed by atoms with Gasteiger partial charge in [0.25, 0.3) is 0 Å². The van der Waals surface area contributed by atoms with E-state index in [-0.39, 0.29) is 13.2 Å². The third-order valence-electron chi connectivity index (χ3n) is 2.42. The van der Waals surface area contributed by atoms with Crippen molar-refractivity contribution < 1.29 is 24.2 Å². The molecule has 7 heteroatoms. The normalized spacial score (nSPS) is 11.9. The zero-order valence-electron chi connectivity index (χ0n) is 11.0. The van der Waals surface area contributed by atoms with Crippen LogP contribution in [0, 0.1) is 0 Å². The van der Waals surface area contributed by atoms with Gasteiger partial charge in [-0.3, -0.25) is 4.79 Å². The third kappa shape index (κ3) is 5.68. The van der Waals surface area contributed by atoms with Gasteiger partial charge in [0.15, 0.2) is 6.04 Å². The summed E-state index contributed by atoms with van der Waals surface area (Å²) in [5.41, 5.74) is 0.492. The number of carboxylic acids is 1. The predicted molar refractivity (Wildman–Crippen MR) is 75.4 cm³/mol. The number of ether oxygens (including phenoxy) is 2. The number of carbonyl (C=O) groups is 2. The molecule has 1 unspecified atom stereocenters. The molecule has 1 atom stereocenters. The number of hydrogen-bond acceptors (Lipinski definition) is 4. The zero-order valence-corrected chi connectivity index (χ0v) is 12.6. The molecule has 0 saturated carbocycles. The van der Waals surface area contributed by atoms with Gasteiger partial charge in [-0.05, 0) is 17.7 Å². The Kier molecular flexibility index (Phi) is 7.21. The summed E-state index contributed by atoms with van der Waals surface area (Å²) in [6.45, 7) is 0.450. The Morgan fingerprint density at radius 1 is 1.30 bits per heavy atom. The lowest BCUT2D eigenvalue weighted by molar-refractivity contribution is -0.142. The number of nitrogens with one attached hydrogen (secondary N) is 1. The van der Waals surface area contributed by atoms with Crippen molar-refractivity contribution in [1.82, 2.24) is 5.32 Å². The van der Waals surface area contributed by atoms with Crippen molar-refractivity contribution in [2.45, 2.75) is 6.04 Å². The van der Waals surface area contributed by atoms with Crippen LogP contribution in [0.4, 0.5) is 0 Å². The van der Waals surface area contributed by atoms with Gasteiger partial charge in [-0.1, -0.05) is 28.1 Å². The van der Waals surface area contributed by atoms with E-state index in [1.807, 2.05) is 0 Å². The monoisotopic (exact) mass is 345 g/mol. The molecular weight excluding hydrogens is 330 g/mol. The minimum Gasteiger partial charge on any atom is -0.479 e. The molecule has 0 bridgehead atoms. The maximum absolute atomic E-state index is 11.6. The lowest BCUT2D eigenvalue weighted by atomic mass is 10.1. The highest BCUT2D eigenvalue weighted by Crippen LogP contribution is 2.17. The van der Waals surface area contributed by atoms with Crippen LogP contribution in [0.2, 0.25) is 0 Å². The Labute approximate surface area is 125 Å². The van der Waals surface area contributed by atoms with Crippen molar-refractivity contribution in [3.8, 4) is 0 Å². The topological polar surface area (TPSA) is 84.9 Å². The Bertz CT molecular complexity index is 449. The highest BCUT2D eigenvalue weighted by Gasteiger charge is 2.21. The largest absolute Gasteiger partial charge is 0.479 e. The molecule has 0 heterocycles. The molecule has 6 nitrogen and oxygen atoms in total. The zero-order chi connectivity index (χ0) is 15.0. The summed E-state index contributed by atoms with van der Waals surface area (Å²) in [5.74, 6) is -1.62. The first-order valence-electron chi connectivity index (χ1n) is 5.89. The van der Waals surface area contributed by atoms with Gasteiger partial charge in [0.1, 0.15) is 6.61 Å². The quantitative estimate of drug-likeness (QED) is 0.695. The van der Waals surface area contributed by atoms with E-state index < -0.39 is 17.9 Å². The van der Waals surface area contributed by atoms with Crippen molar-refractivity contribution in [2.24, 2.45) is 0 Å². The molecule has 110 valence electrons. The summed E-state index contributed by atoms with van der Waals surface area (Å²) < 4.78 is 10.6. The van der Waals surface area contributed by atoms with Crippen LogP contribution in [0.1, 0.15) is 11.6 Å². The predicted octanol–water partition coefficient (Wildman–Crippen LogP) is 1.35. The summed E-state index contributed by atoms with van der Waals surface area (Å²) >= 11 is 3.26. The van der Waals surface area contributed by atoms with Crippen molar-refractivity contribution >= 4 is 27.8 Å². The first kappa shape index (κ1) is 16.6. The number of benzene rings is 1. The number of carboxylic acid groups (broad SMARTS) is 1. The molecule has 1 amide bonds. The van der Waals surface area contributed by atoms with E-state index in [1.54, 1.807) is 24.3 Å². The van der Waals surface area contributed by atoms with E-state index in [4.69, 9.17) is 14.6 Å². The van der Waals surface area contributed by atoms with Gasteiger partial charge >= 0.3 is 5.97 Å². The Morgan fingerprint density at radius 2 is 1.95 bits per heavy atom. The summed E-state index contributed by atoms with van der Waals surface area (Å²) in [6.07, 6.45) is 0. The van der Waals surface area contributed by atoms with E-state index >= 15 is 0 Å². The molecule has 1 rings (SSSR count). The minimum absolute atomic E-state index is 0.205. The molecule has 2 N–H and O–H groups in total. The highest BCUT2D eigenvalue weighted by molar-refractivity contribution is 9.10. The van der Waals surface area contributed by atoms with Crippen LogP contribution in [-0.4, -0.2) is 43.9 Å². The average Bonchev–Trinajstić information content (AvgIpc) is 2.42. The van der Waals surface area contributed by atoms with Gasteiger partial charge in [-0.15, -0.1) is 0 Å². The second kappa shape index (κ2) is 8.68. The highest BCUT2D eigenvalue weighted by atomic mass is 79.9. The molecule has 0 aliphatic heterocycles. The van der Waals surface area contributed by atoms with Crippen LogP contribution >= 0.6 is 15.9 Å². The van der Waals surface area contributed by atoms with Crippen molar-refractivity contribution in [3.05, 3.63) is 34.3 Å². The number of amides is 1. The van der Waals surface area contributed by atoms with Crippen LogP contribution in [0.3, 0.4) is 0 Å². The van der Waals surface area contributed by atoms with Crippen molar-refractivity contribution in [1.29, 1.82) is 0 Å². The number of carbonyl (C=O) groups excluding carboxylic acids is 1. The van der Waals surface area contributed by atoms with Crippen LogP contribution in [0.5, 0.6) is 0 Å². The summed E-state index contributed by atoms with van der Waals surface area (Å²) in [6, 6.07) is 5.60. The second-order valence-electron chi connectivity index (χ2n) is 3.94. The van der Waals surface area contributed by atoms with Gasteiger partial charge in [0.2, 0.25) is 5.91 Å². The Morgan fingerprint density at radius 3 is 2.50 bits per heavy atom. The number of hydrogen-bond donors (Lipinski definition) is 2. The first-order valence-corrected chi connectivity index (χ1v) is 6.68. The first-order chi connectivity index (χ1) is 9.54.